The minimum atomic E-state index is -4.88. The Kier molecular flexibility index (Phi) is 7.13. The summed E-state index contributed by atoms with van der Waals surface area (Å²) in [6, 6.07) is 17.3. The quantitative estimate of drug-likeness (QED) is 0.347. The molecule has 11 heteroatoms. The highest BCUT2D eigenvalue weighted by atomic mass is 32.3. The van der Waals surface area contributed by atoms with Gasteiger partial charge in [0.2, 0.25) is 0 Å². The van der Waals surface area contributed by atoms with Crippen LogP contribution in [0.3, 0.4) is 0 Å². The normalized spacial score (nSPS) is 13.1. The summed E-state index contributed by atoms with van der Waals surface area (Å²) in [5.74, 6) is -1.60. The van der Waals surface area contributed by atoms with Crippen LogP contribution in [0.25, 0.3) is 21.5 Å². The van der Waals surface area contributed by atoms with Crippen molar-refractivity contribution >= 4 is 58.9 Å². The fourth-order valence-corrected chi connectivity index (χ4v) is 8.92. The molecule has 0 unspecified atom stereocenters. The SMILES string of the molecule is C[C@@H](C(=O)O)N(S(=O)(=O)c1cccc2c(N(C)C)cccc12)S(=O)(=O)c1cccc2c(N(C)C)cccc12. The molecule has 1 N–H and O–H groups in total. The van der Waals surface area contributed by atoms with Crippen molar-refractivity contribution in [3.8, 4) is 0 Å². The summed E-state index contributed by atoms with van der Waals surface area (Å²) >= 11 is 0. The molecule has 0 fully saturated rings. The number of rotatable bonds is 8. The molecule has 9 nitrogen and oxygen atoms in total. The topological polar surface area (TPSA) is 115 Å². The third-order valence-corrected chi connectivity index (χ3v) is 11.0. The second-order valence-corrected chi connectivity index (χ2v) is 13.1. The van der Waals surface area contributed by atoms with Crippen LogP contribution in [0, 0.1) is 0 Å². The second kappa shape index (κ2) is 9.90. The van der Waals surface area contributed by atoms with Gasteiger partial charge in [0.1, 0.15) is 6.04 Å². The Bertz CT molecular complexity index is 1650. The minimum Gasteiger partial charge on any atom is -0.480 e. The van der Waals surface area contributed by atoms with E-state index in [0.717, 1.165) is 18.3 Å². The molecule has 0 radical (unpaired) electrons. The third-order valence-electron chi connectivity index (χ3n) is 6.38. The number of hydrogen-bond donors (Lipinski definition) is 1. The van der Waals surface area contributed by atoms with Gasteiger partial charge in [-0.15, -0.1) is 0 Å². The largest absolute Gasteiger partial charge is 0.480 e. The van der Waals surface area contributed by atoms with Gasteiger partial charge in [0.25, 0.3) is 20.0 Å². The average Bonchev–Trinajstić information content (AvgIpc) is 2.86. The van der Waals surface area contributed by atoms with Crippen molar-refractivity contribution in [2.45, 2.75) is 22.8 Å². The first kappa shape index (κ1) is 27.4. The van der Waals surface area contributed by atoms with E-state index >= 15 is 0 Å². The number of aliphatic carboxylic acids is 1. The van der Waals surface area contributed by atoms with Gasteiger partial charge in [-0.2, -0.15) is 0 Å². The maximum Gasteiger partial charge on any atom is 0.322 e. The van der Waals surface area contributed by atoms with Crippen LogP contribution in [-0.4, -0.2) is 65.9 Å². The zero-order valence-electron chi connectivity index (χ0n) is 21.7. The summed E-state index contributed by atoms with van der Waals surface area (Å²) in [4.78, 5) is 15.1. The Labute approximate surface area is 222 Å². The zero-order valence-corrected chi connectivity index (χ0v) is 23.3. The molecule has 1 atom stereocenters. The molecule has 0 spiro atoms. The van der Waals surface area contributed by atoms with Gasteiger partial charge in [-0.25, -0.2) is 16.8 Å². The Balaban J connectivity index is 2.04. The Hall–Kier alpha value is -3.67. The number of hydrogen-bond acceptors (Lipinski definition) is 7. The summed E-state index contributed by atoms with van der Waals surface area (Å²) in [6.45, 7) is 1.05. The fourth-order valence-electron chi connectivity index (χ4n) is 4.59. The van der Waals surface area contributed by atoms with Crippen molar-refractivity contribution in [1.29, 1.82) is 0 Å². The molecule has 0 aliphatic rings. The van der Waals surface area contributed by atoms with E-state index in [1.54, 1.807) is 36.4 Å². The van der Waals surface area contributed by atoms with E-state index in [2.05, 4.69) is 0 Å². The Morgan fingerprint density at radius 3 is 1.32 bits per heavy atom. The molecule has 0 saturated carbocycles. The molecule has 0 aromatic heterocycles. The lowest BCUT2D eigenvalue weighted by Gasteiger charge is -2.27. The maximum atomic E-state index is 14.2. The number of carboxylic acids is 1. The lowest BCUT2D eigenvalue weighted by atomic mass is 10.1. The first-order chi connectivity index (χ1) is 17.8. The number of nitrogens with zero attached hydrogens (tertiary/aromatic N) is 3. The minimum absolute atomic E-state index is 0.122. The molecule has 0 amide bonds. The molecule has 200 valence electrons. The summed E-state index contributed by atoms with van der Waals surface area (Å²) in [5.41, 5.74) is 1.45. The monoisotopic (exact) mass is 555 g/mol. The van der Waals surface area contributed by atoms with E-state index in [0.29, 0.717) is 10.8 Å². The van der Waals surface area contributed by atoms with Crippen molar-refractivity contribution in [3.63, 3.8) is 0 Å². The number of benzene rings is 4. The summed E-state index contributed by atoms with van der Waals surface area (Å²) < 4.78 is 56.8. The average molecular weight is 556 g/mol. The number of carbonyl (C=O) groups is 1. The summed E-state index contributed by atoms with van der Waals surface area (Å²) in [5, 5.41) is 11.6. The van der Waals surface area contributed by atoms with Crippen LogP contribution in [0.1, 0.15) is 6.92 Å². The first-order valence-electron chi connectivity index (χ1n) is 11.7. The van der Waals surface area contributed by atoms with Crippen molar-refractivity contribution in [3.05, 3.63) is 72.8 Å². The molecular weight excluding hydrogens is 526 g/mol. The van der Waals surface area contributed by atoms with Gasteiger partial charge in [0.15, 0.2) is 0 Å². The van der Waals surface area contributed by atoms with Gasteiger partial charge in [-0.05, 0) is 31.2 Å². The molecule has 0 aliphatic carbocycles. The molecular formula is C27H29N3O6S2. The smallest absolute Gasteiger partial charge is 0.322 e. The highest BCUT2D eigenvalue weighted by Gasteiger charge is 2.44. The van der Waals surface area contributed by atoms with E-state index < -0.39 is 32.1 Å². The number of anilines is 2. The van der Waals surface area contributed by atoms with E-state index in [4.69, 9.17) is 0 Å². The molecule has 0 heterocycles. The molecule has 0 bridgehead atoms. The van der Waals surface area contributed by atoms with Crippen molar-refractivity contribution in [1.82, 2.24) is 3.71 Å². The van der Waals surface area contributed by atoms with Crippen LogP contribution in [0.15, 0.2) is 82.6 Å². The van der Waals surface area contributed by atoms with Gasteiger partial charge in [-0.3, -0.25) is 4.79 Å². The molecule has 4 aromatic rings. The van der Waals surface area contributed by atoms with Gasteiger partial charge in [-0.1, -0.05) is 52.2 Å². The lowest BCUT2D eigenvalue weighted by Crippen LogP contribution is -2.47. The number of fused-ring (bicyclic) bond motifs is 2. The van der Waals surface area contributed by atoms with Gasteiger partial charge >= 0.3 is 5.97 Å². The summed E-state index contributed by atoms with van der Waals surface area (Å²) in [6.07, 6.45) is 0. The van der Waals surface area contributed by atoms with Gasteiger partial charge in [0.05, 0.1) is 9.79 Å². The molecule has 0 saturated heterocycles. The number of sulfonamides is 2. The predicted octanol–water partition coefficient (Wildman–Crippen LogP) is 3.98. The predicted molar refractivity (Wildman–Crippen MR) is 150 cm³/mol. The van der Waals surface area contributed by atoms with Gasteiger partial charge < -0.3 is 14.9 Å². The van der Waals surface area contributed by atoms with Crippen LogP contribution in [0.5, 0.6) is 0 Å². The first-order valence-corrected chi connectivity index (χ1v) is 14.6. The maximum absolute atomic E-state index is 14.2. The second-order valence-electron chi connectivity index (χ2n) is 9.30. The van der Waals surface area contributed by atoms with E-state index in [1.807, 2.05) is 50.1 Å². The molecule has 4 rings (SSSR count). The third kappa shape index (κ3) is 4.46. The van der Waals surface area contributed by atoms with Crippen LogP contribution in [0.2, 0.25) is 0 Å². The fraction of sp³-hybridized carbons (Fsp3) is 0.222. The van der Waals surface area contributed by atoms with Crippen LogP contribution >= 0.6 is 0 Å². The van der Waals surface area contributed by atoms with Crippen molar-refractivity contribution in [2.24, 2.45) is 0 Å². The van der Waals surface area contributed by atoms with Crippen LogP contribution in [-0.2, 0) is 24.8 Å². The van der Waals surface area contributed by atoms with Crippen LogP contribution < -0.4 is 9.80 Å². The Morgan fingerprint density at radius 2 is 0.974 bits per heavy atom. The lowest BCUT2D eigenvalue weighted by molar-refractivity contribution is -0.139. The standard InChI is InChI=1S/C27H29N3O6S2/c1-18(27(31)32)30(37(33,34)25-16-8-10-19-21(25)12-6-14-23(19)28(2)3)38(35,36)26-17-9-11-20-22(26)13-7-15-24(20)29(4)5/h6-18H,1-5H3,(H,31,32)/t18-/m0/s1. The highest BCUT2D eigenvalue weighted by molar-refractivity contribution is 8.04. The van der Waals surface area contributed by atoms with Gasteiger partial charge in [0, 0.05) is 61.1 Å². The molecule has 38 heavy (non-hydrogen) atoms. The molecule has 0 aliphatic heterocycles. The van der Waals surface area contributed by atoms with Crippen molar-refractivity contribution < 1.29 is 26.7 Å². The van der Waals surface area contributed by atoms with E-state index in [-0.39, 0.29) is 24.3 Å². The zero-order chi connectivity index (χ0) is 28.0. The summed E-state index contributed by atoms with van der Waals surface area (Å²) in [7, 11) is -2.53. The Morgan fingerprint density at radius 1 is 0.632 bits per heavy atom. The van der Waals surface area contributed by atoms with E-state index in [9.17, 15) is 26.7 Å². The highest BCUT2D eigenvalue weighted by Crippen LogP contribution is 2.37. The molecule has 4 aromatic carbocycles. The van der Waals surface area contributed by atoms with Crippen LogP contribution in [0.4, 0.5) is 11.4 Å². The van der Waals surface area contributed by atoms with E-state index in [1.165, 1.54) is 24.3 Å². The van der Waals surface area contributed by atoms with Crippen molar-refractivity contribution in [2.75, 3.05) is 38.0 Å². The number of carboxylic acid groups (broad SMARTS) is 1.